The maximum absolute atomic E-state index is 13.6. The predicted octanol–water partition coefficient (Wildman–Crippen LogP) is 4.80. The van der Waals surface area contributed by atoms with Gasteiger partial charge in [0.05, 0.1) is 17.0 Å². The third-order valence-corrected chi connectivity index (χ3v) is 8.67. The SMILES string of the molecule is Cc1cc(NC(=O)c2ccc(CS(C)(=O)=O)nc2N2CCC3(CC2)CC3)cc(N2CCC(F)(F)CC2)c1. The van der Waals surface area contributed by atoms with Gasteiger partial charge in [-0.3, -0.25) is 4.79 Å². The van der Waals surface area contributed by atoms with Gasteiger partial charge in [-0.05, 0) is 73.9 Å². The van der Waals surface area contributed by atoms with Gasteiger partial charge in [0.15, 0.2) is 9.84 Å². The number of amides is 1. The van der Waals surface area contributed by atoms with Crippen molar-refractivity contribution in [2.45, 2.75) is 57.1 Å². The number of benzene rings is 1. The number of alkyl halides is 2. The molecule has 2 aliphatic heterocycles. The molecule has 0 atom stereocenters. The first kappa shape index (κ1) is 25.9. The van der Waals surface area contributed by atoms with Crippen LogP contribution in [0.1, 0.15) is 60.1 Å². The Bertz CT molecular complexity index is 1290. The van der Waals surface area contributed by atoms with E-state index in [1.807, 2.05) is 30.0 Å². The van der Waals surface area contributed by atoms with E-state index in [1.54, 1.807) is 12.1 Å². The average molecular weight is 533 g/mol. The molecule has 0 bridgehead atoms. The fraction of sp³-hybridized carbons (Fsp3) is 0.556. The molecule has 1 N–H and O–H groups in total. The Labute approximate surface area is 217 Å². The van der Waals surface area contributed by atoms with Gasteiger partial charge in [0.1, 0.15) is 5.82 Å². The molecular formula is C27H34F2N4O3S. The van der Waals surface area contributed by atoms with Crippen molar-refractivity contribution in [1.29, 1.82) is 0 Å². The van der Waals surface area contributed by atoms with Crippen molar-refractivity contribution in [3.63, 3.8) is 0 Å². The normalized spacial score (nSPS) is 20.6. The lowest BCUT2D eigenvalue weighted by Crippen LogP contribution is -2.39. The Kier molecular flexibility index (Phi) is 6.66. The van der Waals surface area contributed by atoms with Gasteiger partial charge in [0.2, 0.25) is 0 Å². The highest BCUT2D eigenvalue weighted by Crippen LogP contribution is 2.54. The number of pyridine rings is 1. The first-order valence-corrected chi connectivity index (χ1v) is 14.9. The van der Waals surface area contributed by atoms with Crippen LogP contribution in [0.15, 0.2) is 30.3 Å². The number of piperidine rings is 2. The summed E-state index contributed by atoms with van der Waals surface area (Å²) in [5.41, 5.74) is 3.56. The molecule has 3 aliphatic rings. The van der Waals surface area contributed by atoms with Crippen molar-refractivity contribution in [3.8, 4) is 0 Å². The molecule has 1 aliphatic carbocycles. The minimum atomic E-state index is -3.28. The summed E-state index contributed by atoms with van der Waals surface area (Å²) in [6, 6.07) is 8.86. The summed E-state index contributed by atoms with van der Waals surface area (Å²) < 4.78 is 51.1. The van der Waals surface area contributed by atoms with Crippen LogP contribution in [0.5, 0.6) is 0 Å². The lowest BCUT2D eigenvalue weighted by atomic mass is 9.93. The van der Waals surface area contributed by atoms with E-state index in [1.165, 1.54) is 19.1 Å². The van der Waals surface area contributed by atoms with Crippen LogP contribution in [0.4, 0.5) is 26.0 Å². The Hall–Kier alpha value is -2.75. The number of rotatable bonds is 6. The van der Waals surface area contributed by atoms with Crippen molar-refractivity contribution in [2.24, 2.45) is 5.41 Å². The Morgan fingerprint density at radius 2 is 1.62 bits per heavy atom. The molecule has 200 valence electrons. The van der Waals surface area contributed by atoms with Crippen LogP contribution in [0, 0.1) is 12.3 Å². The number of halogens is 2. The fourth-order valence-corrected chi connectivity index (χ4v) is 6.13. The molecule has 5 rings (SSSR count). The molecule has 1 aromatic carbocycles. The number of hydrogen-bond donors (Lipinski definition) is 1. The van der Waals surface area contributed by atoms with Gasteiger partial charge in [-0.25, -0.2) is 22.2 Å². The molecule has 1 saturated carbocycles. The number of carbonyl (C=O) groups is 1. The Balaban J connectivity index is 1.39. The molecule has 1 aromatic heterocycles. The van der Waals surface area contributed by atoms with Crippen LogP contribution < -0.4 is 15.1 Å². The molecule has 0 radical (unpaired) electrons. The first-order valence-electron chi connectivity index (χ1n) is 12.9. The van der Waals surface area contributed by atoms with Gasteiger partial charge in [0, 0.05) is 56.7 Å². The summed E-state index contributed by atoms with van der Waals surface area (Å²) in [5, 5.41) is 2.97. The monoisotopic (exact) mass is 532 g/mol. The van der Waals surface area contributed by atoms with Crippen LogP contribution in [0.25, 0.3) is 0 Å². The number of nitrogens with zero attached hydrogens (tertiary/aromatic N) is 3. The zero-order valence-electron chi connectivity index (χ0n) is 21.4. The molecule has 10 heteroatoms. The average Bonchev–Trinajstić information content (AvgIpc) is 3.56. The first-order chi connectivity index (χ1) is 17.4. The van der Waals surface area contributed by atoms with Crippen LogP contribution >= 0.6 is 0 Å². The standard InChI is InChI=1S/C27H34F2N4O3S/c1-19-15-21(17-22(16-19)32-13-9-27(28,29)10-14-32)31-25(34)23-4-3-20(18-37(2,35)36)30-24(23)33-11-7-26(5-6-26)8-12-33/h3-4,15-17H,5-14,18H2,1-2H3,(H,31,34). The van der Waals surface area contributed by atoms with Crippen LogP contribution in [-0.2, 0) is 15.6 Å². The van der Waals surface area contributed by atoms with Crippen LogP contribution in [0.2, 0.25) is 0 Å². The smallest absolute Gasteiger partial charge is 0.259 e. The third kappa shape index (κ3) is 6.22. The van der Waals surface area contributed by atoms with Gasteiger partial charge in [-0.2, -0.15) is 0 Å². The minimum absolute atomic E-state index is 0.185. The zero-order valence-corrected chi connectivity index (χ0v) is 22.2. The summed E-state index contributed by atoms with van der Waals surface area (Å²) in [4.78, 5) is 22.2. The molecule has 7 nitrogen and oxygen atoms in total. The number of hydrogen-bond acceptors (Lipinski definition) is 6. The second-order valence-electron chi connectivity index (χ2n) is 11.1. The van der Waals surface area contributed by atoms with E-state index in [-0.39, 0.29) is 37.6 Å². The number of aryl methyl sites for hydroxylation is 1. The lowest BCUT2D eigenvalue weighted by molar-refractivity contribution is -0.0220. The number of nitrogens with one attached hydrogen (secondary N) is 1. The predicted molar refractivity (Wildman–Crippen MR) is 141 cm³/mol. The van der Waals surface area contributed by atoms with Crippen LogP contribution in [0.3, 0.4) is 0 Å². The molecule has 1 amide bonds. The quantitative estimate of drug-likeness (QED) is 0.576. The van der Waals surface area contributed by atoms with E-state index in [0.29, 0.717) is 28.2 Å². The fourth-order valence-electron chi connectivity index (χ4n) is 5.43. The summed E-state index contributed by atoms with van der Waals surface area (Å²) in [6.45, 7) is 3.99. The molecular weight excluding hydrogens is 498 g/mol. The summed E-state index contributed by atoms with van der Waals surface area (Å²) >= 11 is 0. The minimum Gasteiger partial charge on any atom is -0.371 e. The van der Waals surface area contributed by atoms with Crippen molar-refractivity contribution < 1.29 is 22.0 Å². The zero-order chi connectivity index (χ0) is 26.4. The maximum Gasteiger partial charge on any atom is 0.259 e. The highest BCUT2D eigenvalue weighted by atomic mass is 32.2. The van der Waals surface area contributed by atoms with Gasteiger partial charge < -0.3 is 15.1 Å². The van der Waals surface area contributed by atoms with Gasteiger partial charge in [-0.1, -0.05) is 0 Å². The lowest BCUT2D eigenvalue weighted by Gasteiger charge is -2.34. The molecule has 37 heavy (non-hydrogen) atoms. The largest absolute Gasteiger partial charge is 0.371 e. The van der Waals surface area contributed by atoms with Crippen molar-refractivity contribution >= 4 is 32.9 Å². The topological polar surface area (TPSA) is 82.6 Å². The van der Waals surface area contributed by atoms with E-state index < -0.39 is 15.8 Å². The Morgan fingerprint density at radius 3 is 2.24 bits per heavy atom. The molecule has 2 aromatic rings. The molecule has 1 spiro atoms. The highest BCUT2D eigenvalue weighted by molar-refractivity contribution is 7.89. The van der Waals surface area contributed by atoms with E-state index in [0.717, 1.165) is 37.2 Å². The van der Waals surface area contributed by atoms with Crippen LogP contribution in [-0.4, -0.2) is 57.7 Å². The van der Waals surface area contributed by atoms with E-state index in [9.17, 15) is 22.0 Å². The number of anilines is 3. The van der Waals surface area contributed by atoms with Crippen molar-refractivity contribution in [2.75, 3.05) is 47.6 Å². The highest BCUT2D eigenvalue weighted by Gasteiger charge is 2.45. The van der Waals surface area contributed by atoms with Gasteiger partial charge >= 0.3 is 0 Å². The molecule has 0 unspecified atom stereocenters. The number of aromatic nitrogens is 1. The summed E-state index contributed by atoms with van der Waals surface area (Å²) in [6.07, 6.45) is 5.39. The molecule has 3 heterocycles. The summed E-state index contributed by atoms with van der Waals surface area (Å²) in [5.74, 6) is -2.63. The second-order valence-corrected chi connectivity index (χ2v) is 13.2. The van der Waals surface area contributed by atoms with Gasteiger partial charge in [-0.15, -0.1) is 0 Å². The van der Waals surface area contributed by atoms with E-state index >= 15 is 0 Å². The molecule has 2 saturated heterocycles. The number of sulfone groups is 1. The maximum atomic E-state index is 13.6. The summed E-state index contributed by atoms with van der Waals surface area (Å²) in [7, 11) is -3.28. The van der Waals surface area contributed by atoms with Gasteiger partial charge in [0.25, 0.3) is 11.8 Å². The van der Waals surface area contributed by atoms with E-state index in [2.05, 4.69) is 15.2 Å². The third-order valence-electron chi connectivity index (χ3n) is 7.85. The van der Waals surface area contributed by atoms with E-state index in [4.69, 9.17) is 0 Å². The van der Waals surface area contributed by atoms with Crippen molar-refractivity contribution in [3.05, 3.63) is 47.2 Å². The number of carbonyl (C=O) groups excluding carboxylic acids is 1. The second kappa shape index (κ2) is 9.53. The Morgan fingerprint density at radius 1 is 0.973 bits per heavy atom. The molecule has 3 fully saturated rings. The van der Waals surface area contributed by atoms with Crippen molar-refractivity contribution in [1.82, 2.24) is 4.98 Å².